The van der Waals surface area contributed by atoms with E-state index < -0.39 is 11.7 Å². The van der Waals surface area contributed by atoms with Gasteiger partial charge in [-0.1, -0.05) is 11.6 Å². The number of rotatable bonds is 1. The Morgan fingerprint density at radius 3 is 2.57 bits per heavy atom. The van der Waals surface area contributed by atoms with Gasteiger partial charge in [0.2, 0.25) is 0 Å². The zero-order valence-corrected chi connectivity index (χ0v) is 14.0. The average molecular weight is 354 g/mol. The number of aromatic nitrogens is 1. The first-order valence-corrected chi connectivity index (χ1v) is 7.34. The molecule has 0 fully saturated rings. The van der Waals surface area contributed by atoms with E-state index in [1.54, 1.807) is 45.2 Å². The molecule has 1 heterocycles. The monoisotopic (exact) mass is 353 g/mol. The lowest BCUT2D eigenvalue weighted by Gasteiger charge is -2.20. The maximum absolute atomic E-state index is 14.1. The molecule has 2 aromatic rings. The van der Waals surface area contributed by atoms with Crippen molar-refractivity contribution in [2.24, 2.45) is 0 Å². The molecule has 1 aromatic carbocycles. The smallest absolute Gasteiger partial charge is 0.419 e. The van der Waals surface area contributed by atoms with Gasteiger partial charge >= 0.3 is 6.09 Å². The lowest BCUT2D eigenvalue weighted by atomic mass is 10.1. The maximum Gasteiger partial charge on any atom is 0.419 e. The van der Waals surface area contributed by atoms with Gasteiger partial charge in [0.05, 0.1) is 5.69 Å². The number of aryl methyl sites for hydroxylation is 1. The van der Waals surface area contributed by atoms with E-state index in [0.29, 0.717) is 15.7 Å². The Morgan fingerprint density at radius 1 is 1.29 bits per heavy atom. The first-order chi connectivity index (χ1) is 9.67. The van der Waals surface area contributed by atoms with Crippen LogP contribution in [0.1, 0.15) is 26.3 Å². The van der Waals surface area contributed by atoms with Crippen LogP contribution in [0.4, 0.5) is 9.18 Å². The summed E-state index contributed by atoms with van der Waals surface area (Å²) in [7, 11) is 0. The fourth-order valence-corrected chi connectivity index (χ4v) is 2.36. The van der Waals surface area contributed by atoms with Gasteiger partial charge in [0.1, 0.15) is 11.4 Å². The zero-order valence-electron chi connectivity index (χ0n) is 12.4. The molecule has 21 heavy (non-hydrogen) atoms. The van der Waals surface area contributed by atoms with Gasteiger partial charge in [-0.2, -0.15) is 0 Å². The second kappa shape index (κ2) is 5.64. The molecule has 0 aliphatic carbocycles. The molecule has 0 N–H and O–H groups in total. The van der Waals surface area contributed by atoms with Crippen LogP contribution in [0.5, 0.6) is 0 Å². The van der Waals surface area contributed by atoms with Crippen molar-refractivity contribution in [3.8, 4) is 11.3 Å². The molecule has 0 aliphatic rings. The van der Waals surface area contributed by atoms with Crippen LogP contribution in [0.2, 0.25) is 0 Å². The maximum atomic E-state index is 14.1. The topological polar surface area (TPSA) is 31.2 Å². The van der Waals surface area contributed by atoms with E-state index in [2.05, 4.69) is 15.9 Å². The minimum absolute atomic E-state index is 0.367. The van der Waals surface area contributed by atoms with Crippen molar-refractivity contribution >= 4 is 22.0 Å². The van der Waals surface area contributed by atoms with Crippen molar-refractivity contribution in [1.29, 1.82) is 0 Å². The Hall–Kier alpha value is -1.62. The van der Waals surface area contributed by atoms with Crippen LogP contribution >= 0.6 is 15.9 Å². The van der Waals surface area contributed by atoms with Gasteiger partial charge in [-0.15, -0.1) is 0 Å². The number of hydrogen-bond acceptors (Lipinski definition) is 2. The quantitative estimate of drug-likeness (QED) is 0.709. The van der Waals surface area contributed by atoms with Crippen LogP contribution in [0.25, 0.3) is 11.3 Å². The molecule has 0 saturated carbocycles. The Kier molecular flexibility index (Phi) is 4.23. The average Bonchev–Trinajstić information content (AvgIpc) is 2.72. The number of nitrogens with zero attached hydrogens (tertiary/aromatic N) is 1. The van der Waals surface area contributed by atoms with Crippen molar-refractivity contribution in [3.63, 3.8) is 0 Å². The highest BCUT2D eigenvalue weighted by Gasteiger charge is 2.22. The summed E-state index contributed by atoms with van der Waals surface area (Å²) in [6.07, 6.45) is 1.04. The number of benzene rings is 1. The third kappa shape index (κ3) is 3.73. The lowest BCUT2D eigenvalue weighted by molar-refractivity contribution is 0.0540. The van der Waals surface area contributed by atoms with E-state index >= 15 is 0 Å². The molecule has 1 aromatic heterocycles. The molecule has 2 rings (SSSR count). The van der Waals surface area contributed by atoms with Crippen molar-refractivity contribution in [2.75, 3.05) is 0 Å². The first-order valence-electron chi connectivity index (χ1n) is 6.55. The van der Waals surface area contributed by atoms with Gasteiger partial charge in [0.25, 0.3) is 0 Å². The number of carbonyl (C=O) groups excluding carboxylic acids is 1. The summed E-state index contributed by atoms with van der Waals surface area (Å²) in [6.45, 7) is 7.24. The zero-order chi connectivity index (χ0) is 15.8. The standard InChI is InChI=1S/C16H17BrFNO2/c1-10-5-6-13(18)12(7-10)14-8-11(17)9-19(14)15(20)21-16(2,3)4/h5-9H,1-4H3. The van der Waals surface area contributed by atoms with Crippen LogP contribution in [-0.2, 0) is 4.74 Å². The van der Waals surface area contributed by atoms with Crippen LogP contribution in [0.15, 0.2) is 34.9 Å². The summed E-state index contributed by atoms with van der Waals surface area (Å²) in [5.41, 5.74) is 1.12. The normalized spacial score (nSPS) is 11.5. The van der Waals surface area contributed by atoms with E-state index in [-0.39, 0.29) is 5.82 Å². The molecule has 5 heteroatoms. The van der Waals surface area contributed by atoms with E-state index in [0.717, 1.165) is 5.56 Å². The number of ether oxygens (including phenoxy) is 1. The fourth-order valence-electron chi connectivity index (χ4n) is 1.94. The SMILES string of the molecule is Cc1ccc(F)c(-c2cc(Br)cn2C(=O)OC(C)(C)C)c1. The molecular weight excluding hydrogens is 337 g/mol. The van der Waals surface area contributed by atoms with Gasteiger partial charge in [-0.3, -0.25) is 4.57 Å². The van der Waals surface area contributed by atoms with Crippen molar-refractivity contribution in [2.45, 2.75) is 33.3 Å². The summed E-state index contributed by atoms with van der Waals surface area (Å²) < 4.78 is 21.4. The third-order valence-electron chi connectivity index (χ3n) is 2.77. The van der Waals surface area contributed by atoms with E-state index in [4.69, 9.17) is 4.74 Å². The largest absolute Gasteiger partial charge is 0.443 e. The van der Waals surface area contributed by atoms with Gasteiger partial charge < -0.3 is 4.74 Å². The highest BCUT2D eigenvalue weighted by Crippen LogP contribution is 2.29. The van der Waals surface area contributed by atoms with Crippen molar-refractivity contribution < 1.29 is 13.9 Å². The highest BCUT2D eigenvalue weighted by atomic mass is 79.9. The van der Waals surface area contributed by atoms with Gasteiger partial charge in [0.15, 0.2) is 0 Å². The molecule has 0 bridgehead atoms. The molecule has 112 valence electrons. The Balaban J connectivity index is 2.51. The van der Waals surface area contributed by atoms with Gasteiger partial charge in [-0.05, 0) is 61.8 Å². The minimum atomic E-state index is -0.615. The molecule has 3 nitrogen and oxygen atoms in total. The Bertz CT molecular complexity index is 686. The van der Waals surface area contributed by atoms with E-state index in [1.807, 2.05) is 6.92 Å². The fraction of sp³-hybridized carbons (Fsp3) is 0.312. The highest BCUT2D eigenvalue weighted by molar-refractivity contribution is 9.10. The molecule has 0 spiro atoms. The number of hydrogen-bond donors (Lipinski definition) is 0. The molecular formula is C16H17BrFNO2. The molecule has 0 saturated heterocycles. The number of carbonyl (C=O) groups is 1. The summed E-state index contributed by atoms with van der Waals surface area (Å²) >= 11 is 3.32. The molecule has 0 atom stereocenters. The summed E-state index contributed by atoms with van der Waals surface area (Å²) in [5, 5.41) is 0. The predicted octanol–water partition coefficient (Wildman–Crippen LogP) is 5.15. The molecule has 0 radical (unpaired) electrons. The predicted molar refractivity (Wildman–Crippen MR) is 83.9 cm³/mol. The third-order valence-corrected chi connectivity index (χ3v) is 3.21. The van der Waals surface area contributed by atoms with Crippen molar-refractivity contribution in [1.82, 2.24) is 4.57 Å². The van der Waals surface area contributed by atoms with Gasteiger partial charge in [-0.25, -0.2) is 9.18 Å². The summed E-state index contributed by atoms with van der Waals surface area (Å²) in [6, 6.07) is 6.49. The van der Waals surface area contributed by atoms with E-state index in [9.17, 15) is 9.18 Å². The van der Waals surface area contributed by atoms with Crippen LogP contribution in [0, 0.1) is 12.7 Å². The van der Waals surface area contributed by atoms with Crippen molar-refractivity contribution in [3.05, 3.63) is 46.3 Å². The lowest BCUT2D eigenvalue weighted by Crippen LogP contribution is -2.27. The molecule has 0 unspecified atom stereocenters. The second-order valence-corrected chi connectivity index (χ2v) is 6.79. The van der Waals surface area contributed by atoms with Crippen LogP contribution in [0.3, 0.4) is 0 Å². The van der Waals surface area contributed by atoms with Gasteiger partial charge in [0, 0.05) is 16.2 Å². The Labute approximate surface area is 131 Å². The number of halogens is 2. The first kappa shape index (κ1) is 15.8. The van der Waals surface area contributed by atoms with E-state index in [1.165, 1.54) is 10.6 Å². The summed E-state index contributed by atoms with van der Waals surface area (Å²) in [5.74, 6) is -0.379. The summed E-state index contributed by atoms with van der Waals surface area (Å²) in [4.78, 5) is 12.3. The minimum Gasteiger partial charge on any atom is -0.443 e. The van der Waals surface area contributed by atoms with Crippen LogP contribution in [-0.4, -0.2) is 16.3 Å². The second-order valence-electron chi connectivity index (χ2n) is 5.88. The molecule has 0 amide bonds. The van der Waals surface area contributed by atoms with Crippen LogP contribution < -0.4 is 0 Å². The Morgan fingerprint density at radius 2 is 1.95 bits per heavy atom. The molecule has 0 aliphatic heterocycles.